The molecule has 2 atom stereocenters. The molecular formula is C16H24IO4-. The first-order valence-corrected chi connectivity index (χ1v) is 10.8. The first kappa shape index (κ1) is 15.7. The third-order valence-corrected chi connectivity index (χ3v) is 6.81. The van der Waals surface area contributed by atoms with Crippen molar-refractivity contribution in [3.05, 3.63) is 0 Å². The van der Waals surface area contributed by atoms with Gasteiger partial charge in [0.2, 0.25) is 0 Å². The van der Waals surface area contributed by atoms with Crippen LogP contribution in [0.2, 0.25) is 0 Å². The first-order chi connectivity index (χ1) is 10.00. The molecule has 0 aromatic carbocycles. The molecule has 0 heterocycles. The first-order valence-electron chi connectivity index (χ1n) is 7.79. The van der Waals surface area contributed by atoms with Gasteiger partial charge >= 0.3 is 137 Å². The fraction of sp³-hybridized carbons (Fsp3) is 0.875. The second-order valence-electron chi connectivity index (χ2n) is 7.18. The monoisotopic (exact) mass is 407 g/mol. The van der Waals surface area contributed by atoms with Gasteiger partial charge in [-0.2, -0.15) is 0 Å². The summed E-state index contributed by atoms with van der Waals surface area (Å²) in [6.45, 7) is 2.58. The minimum absolute atomic E-state index is 0.0693. The molecule has 0 amide bonds. The summed E-state index contributed by atoms with van der Waals surface area (Å²) in [6.07, 6.45) is 5.78. The van der Waals surface area contributed by atoms with E-state index in [2.05, 4.69) is 0 Å². The van der Waals surface area contributed by atoms with Crippen LogP contribution >= 0.6 is 0 Å². The Hall–Kier alpha value is -0.170. The Balaban J connectivity index is 1.72. The van der Waals surface area contributed by atoms with Gasteiger partial charge in [-0.3, -0.25) is 0 Å². The van der Waals surface area contributed by atoms with E-state index in [1.807, 2.05) is 4.93 Å². The molecule has 0 radical (unpaired) electrons. The molecule has 4 bridgehead atoms. The number of rotatable bonds is 6. The third kappa shape index (κ3) is 2.76. The number of ketones is 1. The number of esters is 1. The van der Waals surface area contributed by atoms with Crippen molar-refractivity contribution < 1.29 is 39.0 Å². The molecule has 4 nitrogen and oxygen atoms in total. The van der Waals surface area contributed by atoms with Gasteiger partial charge in [-0.1, -0.05) is 0 Å². The van der Waals surface area contributed by atoms with Crippen LogP contribution in [0.25, 0.3) is 0 Å². The van der Waals surface area contributed by atoms with Crippen molar-refractivity contribution in [1.29, 1.82) is 0 Å². The fourth-order valence-electron chi connectivity index (χ4n) is 5.31. The molecule has 0 saturated heterocycles. The van der Waals surface area contributed by atoms with Crippen LogP contribution < -0.4 is 21.6 Å². The van der Waals surface area contributed by atoms with Crippen LogP contribution in [0.1, 0.15) is 45.4 Å². The van der Waals surface area contributed by atoms with Gasteiger partial charge in [-0.25, -0.2) is 0 Å². The molecule has 4 saturated carbocycles. The molecule has 0 N–H and O–H groups in total. The number of ether oxygens (including phenoxy) is 1. The van der Waals surface area contributed by atoms with Gasteiger partial charge in [0.1, 0.15) is 0 Å². The number of hydrogen-bond donors (Lipinski definition) is 0. The SMILES string of the molecule is C[I-]OCCOC(=O)C12CC3CC(CC(C(C)=O)(C3)C1)C2. The molecule has 4 rings (SSSR count). The fourth-order valence-corrected chi connectivity index (χ4v) is 5.93. The van der Waals surface area contributed by atoms with Gasteiger partial charge in [0.05, 0.1) is 0 Å². The van der Waals surface area contributed by atoms with Crippen molar-refractivity contribution in [2.75, 3.05) is 18.1 Å². The Kier molecular flexibility index (Phi) is 4.34. The topological polar surface area (TPSA) is 52.6 Å². The van der Waals surface area contributed by atoms with E-state index in [1.165, 1.54) is 6.42 Å². The summed E-state index contributed by atoms with van der Waals surface area (Å²) in [7, 11) is 0. The van der Waals surface area contributed by atoms with Crippen molar-refractivity contribution >= 4 is 11.8 Å². The van der Waals surface area contributed by atoms with Crippen LogP contribution in [0.5, 0.6) is 0 Å². The quantitative estimate of drug-likeness (QED) is 0.254. The summed E-state index contributed by atoms with van der Waals surface area (Å²) in [5, 5.41) is 0. The Morgan fingerprint density at radius 1 is 1.10 bits per heavy atom. The number of carbonyl (C=O) groups excluding carboxylic acids is 2. The van der Waals surface area contributed by atoms with Gasteiger partial charge < -0.3 is 0 Å². The second-order valence-corrected chi connectivity index (χ2v) is 8.68. The number of Topliss-reactive ketones (excluding diaryl/α,β-unsaturated/α-hetero) is 1. The van der Waals surface area contributed by atoms with Crippen LogP contribution in [-0.4, -0.2) is 29.9 Å². The third-order valence-electron chi connectivity index (χ3n) is 5.74. The zero-order chi connectivity index (χ0) is 15.1. The van der Waals surface area contributed by atoms with E-state index in [1.54, 1.807) is 6.92 Å². The van der Waals surface area contributed by atoms with Crippen LogP contribution in [0.15, 0.2) is 0 Å². The molecule has 5 heteroatoms. The molecule has 0 aromatic rings. The molecule has 21 heavy (non-hydrogen) atoms. The average molecular weight is 407 g/mol. The van der Waals surface area contributed by atoms with E-state index in [0.29, 0.717) is 25.0 Å². The van der Waals surface area contributed by atoms with Gasteiger partial charge in [0.25, 0.3) is 0 Å². The molecule has 120 valence electrons. The second kappa shape index (κ2) is 5.80. The molecule has 4 aliphatic carbocycles. The van der Waals surface area contributed by atoms with Crippen LogP contribution in [-0.2, 0) is 17.4 Å². The molecule has 2 unspecified atom stereocenters. The van der Waals surface area contributed by atoms with Crippen molar-refractivity contribution in [1.82, 2.24) is 0 Å². The van der Waals surface area contributed by atoms with Gasteiger partial charge in [-0.05, 0) is 0 Å². The number of halogens is 1. The summed E-state index contributed by atoms with van der Waals surface area (Å²) < 4.78 is 10.8. The number of alkyl halides is 1. The maximum atomic E-state index is 12.6. The summed E-state index contributed by atoms with van der Waals surface area (Å²) in [6, 6.07) is 0. The van der Waals surface area contributed by atoms with Gasteiger partial charge in [-0.15, -0.1) is 0 Å². The predicted octanol–water partition coefficient (Wildman–Crippen LogP) is -0.644. The summed E-state index contributed by atoms with van der Waals surface area (Å²) in [4.78, 5) is 26.9. The predicted molar refractivity (Wildman–Crippen MR) is 73.1 cm³/mol. The van der Waals surface area contributed by atoms with E-state index in [9.17, 15) is 9.59 Å². The Labute approximate surface area is 137 Å². The van der Waals surface area contributed by atoms with E-state index in [4.69, 9.17) is 7.80 Å². The zero-order valence-corrected chi connectivity index (χ0v) is 15.0. The number of hydrogen-bond acceptors (Lipinski definition) is 4. The van der Waals surface area contributed by atoms with Crippen molar-refractivity contribution in [3.63, 3.8) is 0 Å². The average Bonchev–Trinajstić information content (AvgIpc) is 2.42. The summed E-state index contributed by atoms with van der Waals surface area (Å²) in [5.74, 6) is 1.30. The van der Waals surface area contributed by atoms with Crippen LogP contribution in [0.3, 0.4) is 0 Å². The van der Waals surface area contributed by atoms with E-state index in [-0.39, 0.29) is 44.2 Å². The Morgan fingerprint density at radius 3 is 2.29 bits per heavy atom. The summed E-state index contributed by atoms with van der Waals surface area (Å²) >= 11 is -0.207. The van der Waals surface area contributed by atoms with Crippen molar-refractivity contribution in [2.45, 2.75) is 45.4 Å². The Bertz CT molecular complexity index is 434. The molecule has 0 aliphatic heterocycles. The molecule has 4 fully saturated rings. The minimum atomic E-state index is -0.378. The van der Waals surface area contributed by atoms with Crippen molar-refractivity contribution in [2.24, 2.45) is 22.7 Å². The molecule has 0 aromatic heterocycles. The molecule has 4 aliphatic rings. The zero-order valence-electron chi connectivity index (χ0n) is 12.8. The maximum absolute atomic E-state index is 12.6. The summed E-state index contributed by atoms with van der Waals surface area (Å²) in [5.41, 5.74) is -0.606. The van der Waals surface area contributed by atoms with Gasteiger partial charge in [0, 0.05) is 0 Å². The number of carbonyl (C=O) groups is 2. The van der Waals surface area contributed by atoms with Crippen molar-refractivity contribution in [3.8, 4) is 0 Å². The standard InChI is InChI=1S/C16H24IO4/c1-11(18)15-6-12-5-13(7-15)9-16(8-12,10-15)14(19)20-3-4-21-17-2/h12-13H,3-10H2,1-2H3/q-1. The Morgan fingerprint density at radius 2 is 1.71 bits per heavy atom. The van der Waals surface area contributed by atoms with Crippen LogP contribution in [0, 0.1) is 22.7 Å². The van der Waals surface area contributed by atoms with E-state index >= 15 is 0 Å². The van der Waals surface area contributed by atoms with Crippen LogP contribution in [0.4, 0.5) is 0 Å². The van der Waals surface area contributed by atoms with Gasteiger partial charge in [0.15, 0.2) is 0 Å². The molecular weight excluding hydrogens is 383 g/mol. The van der Waals surface area contributed by atoms with E-state index in [0.717, 1.165) is 32.1 Å². The molecule has 0 spiro atoms. The van der Waals surface area contributed by atoms with E-state index < -0.39 is 0 Å². The normalized spacial score (nSPS) is 40.5.